The lowest BCUT2D eigenvalue weighted by molar-refractivity contribution is -0.143. The average molecular weight is 551 g/mol. The number of esters is 1. The number of fused-ring (bicyclic) bond motifs is 1. The van der Waals surface area contributed by atoms with Gasteiger partial charge >= 0.3 is 5.97 Å². The number of rotatable bonds is 8. The van der Waals surface area contributed by atoms with Crippen molar-refractivity contribution in [3.63, 3.8) is 0 Å². The molecule has 1 unspecified atom stereocenters. The highest BCUT2D eigenvalue weighted by Crippen LogP contribution is 2.38. The van der Waals surface area contributed by atoms with Crippen molar-refractivity contribution in [1.82, 2.24) is 10.3 Å². The summed E-state index contributed by atoms with van der Waals surface area (Å²) in [6, 6.07) is 38.1. The summed E-state index contributed by atoms with van der Waals surface area (Å²) in [5.41, 5.74) is 3.24. The Kier molecular flexibility index (Phi) is 7.45. The van der Waals surface area contributed by atoms with E-state index in [4.69, 9.17) is 4.74 Å². The first kappa shape index (κ1) is 24.9. The number of halogens is 1. The van der Waals surface area contributed by atoms with Crippen LogP contribution in [-0.4, -0.2) is 24.1 Å². The molecule has 1 aromatic heterocycles. The maximum absolute atomic E-state index is 13.4. The number of hydrogen-bond donors (Lipinski definition) is 1. The van der Waals surface area contributed by atoms with Crippen LogP contribution in [0.15, 0.2) is 126 Å². The maximum Gasteiger partial charge on any atom is 0.323 e. The van der Waals surface area contributed by atoms with Crippen LogP contribution in [0.4, 0.5) is 0 Å². The Labute approximate surface area is 225 Å². The number of carbonyl (C=O) groups is 1. The Morgan fingerprint density at radius 3 is 1.73 bits per heavy atom. The van der Waals surface area contributed by atoms with E-state index in [1.54, 1.807) is 0 Å². The number of ether oxygens (including phenoxy) is 1. The lowest BCUT2D eigenvalue weighted by atomic mass is 9.76. The highest BCUT2D eigenvalue weighted by Gasteiger charge is 2.40. The third-order valence-electron chi connectivity index (χ3n) is 6.75. The van der Waals surface area contributed by atoms with Crippen molar-refractivity contribution in [2.45, 2.75) is 18.0 Å². The SMILES string of the molecule is COC(=O)C(Cc1cnc(Br)c2ccccc12)NC(c1ccccc1)(c1ccccc1)c1ccccc1. The Bertz CT molecular complexity index is 1390. The molecule has 0 radical (unpaired) electrons. The molecule has 0 saturated carbocycles. The number of aromatic nitrogens is 1. The summed E-state index contributed by atoms with van der Waals surface area (Å²) in [6.07, 6.45) is 2.24. The molecule has 4 nitrogen and oxygen atoms in total. The molecule has 5 rings (SSSR count). The lowest BCUT2D eigenvalue weighted by Crippen LogP contribution is -2.53. The van der Waals surface area contributed by atoms with E-state index in [9.17, 15) is 4.79 Å². The standard InChI is InChI=1S/C32H27BrN2O2/c1-37-31(36)29(21-23-22-34-30(33)28-20-12-11-19-27(23)28)35-32(24-13-5-2-6-14-24,25-15-7-3-8-16-25)26-17-9-4-10-18-26/h2-20,22,29,35H,21H2,1H3. The van der Waals surface area contributed by atoms with Crippen LogP contribution in [0.3, 0.4) is 0 Å². The predicted octanol–water partition coefficient (Wildman–Crippen LogP) is 6.66. The van der Waals surface area contributed by atoms with Crippen LogP contribution in [0.5, 0.6) is 0 Å². The van der Waals surface area contributed by atoms with Gasteiger partial charge < -0.3 is 4.74 Å². The molecule has 0 aliphatic rings. The Morgan fingerprint density at radius 1 is 0.784 bits per heavy atom. The smallest absolute Gasteiger partial charge is 0.323 e. The van der Waals surface area contributed by atoms with E-state index in [1.165, 1.54) is 7.11 Å². The van der Waals surface area contributed by atoms with Gasteiger partial charge in [0.2, 0.25) is 0 Å². The Morgan fingerprint density at radius 2 is 1.24 bits per heavy atom. The van der Waals surface area contributed by atoms with Gasteiger partial charge in [0.1, 0.15) is 10.6 Å². The number of nitrogens with zero attached hydrogens (tertiary/aromatic N) is 1. The first-order chi connectivity index (χ1) is 18.1. The zero-order valence-electron chi connectivity index (χ0n) is 20.5. The summed E-state index contributed by atoms with van der Waals surface area (Å²) in [5.74, 6) is -0.334. The summed E-state index contributed by atoms with van der Waals surface area (Å²) < 4.78 is 6.12. The molecule has 1 atom stereocenters. The van der Waals surface area contributed by atoms with Crippen molar-refractivity contribution >= 4 is 32.7 Å². The van der Waals surface area contributed by atoms with Crippen molar-refractivity contribution in [3.05, 3.63) is 148 Å². The third-order valence-corrected chi connectivity index (χ3v) is 7.38. The van der Waals surface area contributed by atoms with Crippen molar-refractivity contribution in [1.29, 1.82) is 0 Å². The number of hydrogen-bond acceptors (Lipinski definition) is 4. The topological polar surface area (TPSA) is 51.2 Å². The van der Waals surface area contributed by atoms with E-state index in [1.807, 2.05) is 79.0 Å². The fourth-order valence-electron chi connectivity index (χ4n) is 5.01. The van der Waals surface area contributed by atoms with Gasteiger partial charge in [-0.3, -0.25) is 10.1 Å². The van der Waals surface area contributed by atoms with Crippen LogP contribution in [0.1, 0.15) is 22.3 Å². The quantitative estimate of drug-likeness (QED) is 0.133. The number of nitrogens with one attached hydrogen (secondary N) is 1. The van der Waals surface area contributed by atoms with Crippen molar-refractivity contribution in [2.75, 3.05) is 7.11 Å². The molecule has 4 aromatic carbocycles. The van der Waals surface area contributed by atoms with E-state index < -0.39 is 11.6 Å². The number of benzene rings is 4. The molecule has 5 aromatic rings. The van der Waals surface area contributed by atoms with Crippen LogP contribution in [0.25, 0.3) is 10.8 Å². The maximum atomic E-state index is 13.4. The zero-order chi connectivity index (χ0) is 25.7. The average Bonchev–Trinajstić information content (AvgIpc) is 2.97. The number of carbonyl (C=O) groups excluding carboxylic acids is 1. The first-order valence-electron chi connectivity index (χ1n) is 12.2. The Hall–Kier alpha value is -3.80. The van der Waals surface area contributed by atoms with E-state index in [-0.39, 0.29) is 5.97 Å². The second-order valence-electron chi connectivity index (χ2n) is 8.89. The molecule has 0 spiro atoms. The van der Waals surface area contributed by atoms with Crippen LogP contribution < -0.4 is 5.32 Å². The van der Waals surface area contributed by atoms with Gasteiger partial charge in [-0.25, -0.2) is 4.98 Å². The molecular formula is C32H27BrN2O2. The van der Waals surface area contributed by atoms with Crippen molar-refractivity contribution in [2.24, 2.45) is 0 Å². The van der Waals surface area contributed by atoms with E-state index in [0.29, 0.717) is 6.42 Å². The molecule has 0 bridgehead atoms. The van der Waals surface area contributed by atoms with Crippen LogP contribution in [0, 0.1) is 0 Å². The fourth-order valence-corrected chi connectivity index (χ4v) is 5.46. The molecule has 37 heavy (non-hydrogen) atoms. The van der Waals surface area contributed by atoms with Gasteiger partial charge in [0, 0.05) is 18.0 Å². The molecule has 0 fully saturated rings. The van der Waals surface area contributed by atoms with Crippen molar-refractivity contribution in [3.8, 4) is 0 Å². The molecule has 1 N–H and O–H groups in total. The van der Waals surface area contributed by atoms with Crippen LogP contribution in [-0.2, 0) is 21.5 Å². The minimum Gasteiger partial charge on any atom is -0.468 e. The van der Waals surface area contributed by atoms with Crippen LogP contribution in [0.2, 0.25) is 0 Å². The zero-order valence-corrected chi connectivity index (χ0v) is 22.1. The van der Waals surface area contributed by atoms with Gasteiger partial charge in [-0.1, -0.05) is 115 Å². The number of pyridine rings is 1. The summed E-state index contributed by atoms with van der Waals surface area (Å²) >= 11 is 3.56. The minimum absolute atomic E-state index is 0.334. The van der Waals surface area contributed by atoms with Gasteiger partial charge in [0.15, 0.2) is 0 Å². The summed E-state index contributed by atoms with van der Waals surface area (Å²) in [7, 11) is 1.43. The van der Waals surface area contributed by atoms with Gasteiger partial charge in [-0.2, -0.15) is 0 Å². The number of methoxy groups -OCH3 is 1. The van der Waals surface area contributed by atoms with Gasteiger partial charge in [0.05, 0.1) is 12.6 Å². The van der Waals surface area contributed by atoms with Gasteiger partial charge in [-0.15, -0.1) is 0 Å². The first-order valence-corrected chi connectivity index (χ1v) is 13.0. The summed E-state index contributed by atoms with van der Waals surface area (Å²) in [6.45, 7) is 0. The molecule has 0 aliphatic heterocycles. The molecule has 1 heterocycles. The van der Waals surface area contributed by atoms with E-state index in [2.05, 4.69) is 68.7 Å². The molecular weight excluding hydrogens is 524 g/mol. The lowest BCUT2D eigenvalue weighted by Gasteiger charge is -2.39. The fraction of sp³-hybridized carbons (Fsp3) is 0.125. The minimum atomic E-state index is -0.804. The second kappa shape index (κ2) is 11.1. The Balaban J connectivity index is 1.69. The second-order valence-corrected chi connectivity index (χ2v) is 9.64. The van der Waals surface area contributed by atoms with Gasteiger partial charge in [-0.05, 0) is 43.6 Å². The monoisotopic (exact) mass is 550 g/mol. The highest BCUT2D eigenvalue weighted by molar-refractivity contribution is 9.10. The van der Waals surface area contributed by atoms with E-state index in [0.717, 1.165) is 37.6 Å². The summed E-state index contributed by atoms with van der Waals surface area (Å²) in [5, 5.41) is 5.83. The van der Waals surface area contributed by atoms with Gasteiger partial charge in [0.25, 0.3) is 0 Å². The van der Waals surface area contributed by atoms with Crippen molar-refractivity contribution < 1.29 is 9.53 Å². The third kappa shape index (κ3) is 4.93. The normalized spacial score (nSPS) is 12.3. The molecule has 184 valence electrons. The summed E-state index contributed by atoms with van der Waals surface area (Å²) in [4.78, 5) is 17.9. The molecule has 0 aliphatic carbocycles. The molecule has 5 heteroatoms. The largest absolute Gasteiger partial charge is 0.468 e. The molecule has 0 amide bonds. The highest BCUT2D eigenvalue weighted by atomic mass is 79.9. The van der Waals surface area contributed by atoms with Crippen LogP contribution >= 0.6 is 15.9 Å². The molecule has 0 saturated heterocycles. The predicted molar refractivity (Wildman–Crippen MR) is 151 cm³/mol. The van der Waals surface area contributed by atoms with E-state index >= 15 is 0 Å².